The second-order valence-corrected chi connectivity index (χ2v) is 5.54. The fraction of sp³-hybridized carbons (Fsp3) is 0.154. The summed E-state index contributed by atoms with van der Waals surface area (Å²) < 4.78 is 11.0. The number of carbonyl (C=O) groups is 1. The van der Waals surface area contributed by atoms with Crippen LogP contribution in [0, 0.1) is 0 Å². The summed E-state index contributed by atoms with van der Waals surface area (Å²) in [4.78, 5) is 12.6. The summed E-state index contributed by atoms with van der Waals surface area (Å²) in [6.07, 6.45) is 0. The van der Waals surface area contributed by atoms with Gasteiger partial charge in [0.05, 0.1) is 11.4 Å². The average molecular weight is 298 g/mol. The van der Waals surface area contributed by atoms with Crippen molar-refractivity contribution < 1.29 is 14.3 Å². The van der Waals surface area contributed by atoms with E-state index in [0.717, 1.165) is 4.88 Å². The van der Waals surface area contributed by atoms with Crippen molar-refractivity contribution in [3.63, 3.8) is 0 Å². The molecule has 0 spiro atoms. The number of hydrogen-bond acceptors (Lipinski definition) is 5. The molecule has 0 atom stereocenters. The lowest BCUT2D eigenvalue weighted by Crippen LogP contribution is -2.06. The van der Waals surface area contributed by atoms with Gasteiger partial charge in [-0.3, -0.25) is 0 Å². The van der Waals surface area contributed by atoms with Crippen LogP contribution < -0.4 is 10.5 Å². The molecular formula is C13H12ClNO3S. The van der Waals surface area contributed by atoms with E-state index in [1.807, 2.05) is 6.07 Å². The number of rotatable bonds is 4. The molecule has 0 unspecified atom stereocenters. The van der Waals surface area contributed by atoms with E-state index in [9.17, 15) is 4.79 Å². The van der Waals surface area contributed by atoms with Gasteiger partial charge >= 0.3 is 5.97 Å². The number of nitrogen functional groups attached to an aromatic ring is 1. The molecule has 0 aliphatic heterocycles. The van der Waals surface area contributed by atoms with Gasteiger partial charge in [-0.05, 0) is 24.3 Å². The van der Waals surface area contributed by atoms with E-state index in [0.29, 0.717) is 27.9 Å². The fourth-order valence-electron chi connectivity index (χ4n) is 1.52. The van der Waals surface area contributed by atoms with Crippen molar-refractivity contribution in [2.75, 3.05) is 12.8 Å². The van der Waals surface area contributed by atoms with Gasteiger partial charge in [0.15, 0.2) is 0 Å². The Hall–Kier alpha value is -1.72. The summed E-state index contributed by atoms with van der Waals surface area (Å²) >= 11 is 7.26. The molecule has 0 aliphatic carbocycles. The minimum absolute atomic E-state index is 0.324. The lowest BCUT2D eigenvalue weighted by Gasteiger charge is -2.10. The Bertz CT molecular complexity index is 597. The molecule has 4 nitrogen and oxygen atoms in total. The Morgan fingerprint density at radius 2 is 2.16 bits per heavy atom. The number of esters is 1. The first-order valence-corrected chi connectivity index (χ1v) is 6.64. The minimum Gasteiger partial charge on any atom is -0.487 e. The highest BCUT2D eigenvalue weighted by Gasteiger charge is 2.13. The third-order valence-electron chi connectivity index (χ3n) is 2.41. The second kappa shape index (κ2) is 5.95. The zero-order valence-corrected chi connectivity index (χ0v) is 11.8. The van der Waals surface area contributed by atoms with Gasteiger partial charge in [0.1, 0.15) is 17.9 Å². The highest BCUT2D eigenvalue weighted by atomic mass is 35.5. The van der Waals surface area contributed by atoms with E-state index < -0.39 is 5.97 Å². The Morgan fingerprint density at radius 3 is 2.79 bits per heavy atom. The SMILES string of the molecule is COC(=O)c1ccc(N)cc1OCc1ccc(Cl)s1. The maximum absolute atomic E-state index is 11.6. The predicted molar refractivity (Wildman–Crippen MR) is 75.9 cm³/mol. The molecule has 2 N–H and O–H groups in total. The molecule has 0 radical (unpaired) electrons. The number of halogens is 1. The Balaban J connectivity index is 2.18. The Morgan fingerprint density at radius 1 is 1.37 bits per heavy atom. The van der Waals surface area contributed by atoms with E-state index in [1.165, 1.54) is 18.4 Å². The maximum Gasteiger partial charge on any atom is 0.341 e. The quantitative estimate of drug-likeness (QED) is 0.694. The normalized spacial score (nSPS) is 10.2. The fourth-order valence-corrected chi connectivity index (χ4v) is 2.52. The van der Waals surface area contributed by atoms with Gasteiger partial charge in [0, 0.05) is 16.6 Å². The zero-order chi connectivity index (χ0) is 13.8. The molecule has 19 heavy (non-hydrogen) atoms. The number of carbonyl (C=O) groups excluding carboxylic acids is 1. The standard InChI is InChI=1S/C13H12ClNO3S/c1-17-13(16)10-4-2-8(15)6-11(10)18-7-9-3-5-12(14)19-9/h2-6H,7,15H2,1H3. The van der Waals surface area contributed by atoms with Crippen LogP contribution >= 0.6 is 22.9 Å². The topological polar surface area (TPSA) is 61.5 Å². The van der Waals surface area contributed by atoms with Gasteiger partial charge in [0.2, 0.25) is 0 Å². The minimum atomic E-state index is -0.459. The molecule has 0 fully saturated rings. The zero-order valence-electron chi connectivity index (χ0n) is 10.2. The van der Waals surface area contributed by atoms with E-state index in [-0.39, 0.29) is 0 Å². The molecular weight excluding hydrogens is 286 g/mol. The summed E-state index contributed by atoms with van der Waals surface area (Å²) in [5, 5.41) is 0. The van der Waals surface area contributed by atoms with Crippen molar-refractivity contribution in [3.05, 3.63) is 45.1 Å². The molecule has 0 saturated carbocycles. The molecule has 0 amide bonds. The van der Waals surface area contributed by atoms with Gasteiger partial charge in [-0.15, -0.1) is 11.3 Å². The van der Waals surface area contributed by atoms with Gasteiger partial charge in [-0.2, -0.15) is 0 Å². The van der Waals surface area contributed by atoms with Crippen LogP contribution in [0.2, 0.25) is 4.34 Å². The van der Waals surface area contributed by atoms with Crippen LogP contribution in [0.3, 0.4) is 0 Å². The maximum atomic E-state index is 11.6. The van der Waals surface area contributed by atoms with E-state index in [4.69, 9.17) is 26.8 Å². The monoisotopic (exact) mass is 297 g/mol. The van der Waals surface area contributed by atoms with Crippen molar-refractivity contribution in [3.8, 4) is 5.75 Å². The van der Waals surface area contributed by atoms with E-state index >= 15 is 0 Å². The van der Waals surface area contributed by atoms with Crippen LogP contribution in [-0.2, 0) is 11.3 Å². The highest BCUT2D eigenvalue weighted by Crippen LogP contribution is 2.26. The molecule has 0 saturated heterocycles. The molecule has 100 valence electrons. The lowest BCUT2D eigenvalue weighted by atomic mass is 10.2. The van der Waals surface area contributed by atoms with Crippen molar-refractivity contribution in [1.29, 1.82) is 0 Å². The summed E-state index contributed by atoms with van der Waals surface area (Å²) in [7, 11) is 1.32. The smallest absolute Gasteiger partial charge is 0.341 e. The molecule has 2 aromatic rings. The average Bonchev–Trinajstić information content (AvgIpc) is 2.81. The first kappa shape index (κ1) is 13.7. The van der Waals surface area contributed by atoms with Crippen molar-refractivity contribution in [2.24, 2.45) is 0 Å². The summed E-state index contributed by atoms with van der Waals surface area (Å²) in [6, 6.07) is 8.48. The molecule has 2 rings (SSSR count). The van der Waals surface area contributed by atoms with E-state index in [2.05, 4.69) is 0 Å². The number of thiophene rings is 1. The molecule has 6 heteroatoms. The molecule has 1 aromatic heterocycles. The van der Waals surface area contributed by atoms with Crippen molar-refractivity contribution in [1.82, 2.24) is 0 Å². The van der Waals surface area contributed by atoms with Gasteiger partial charge in [-0.25, -0.2) is 4.79 Å². The predicted octanol–water partition coefficient (Wildman–Crippen LogP) is 3.35. The number of anilines is 1. The van der Waals surface area contributed by atoms with Crippen LogP contribution in [0.5, 0.6) is 5.75 Å². The van der Waals surface area contributed by atoms with Crippen LogP contribution in [0.15, 0.2) is 30.3 Å². The molecule has 0 bridgehead atoms. The first-order chi connectivity index (χ1) is 9.10. The largest absolute Gasteiger partial charge is 0.487 e. The first-order valence-electron chi connectivity index (χ1n) is 5.45. The Kier molecular flexibility index (Phi) is 4.29. The van der Waals surface area contributed by atoms with Crippen LogP contribution in [0.4, 0.5) is 5.69 Å². The highest BCUT2D eigenvalue weighted by molar-refractivity contribution is 7.16. The van der Waals surface area contributed by atoms with Crippen molar-refractivity contribution in [2.45, 2.75) is 6.61 Å². The number of ether oxygens (including phenoxy) is 2. The Labute approximate surface area is 119 Å². The lowest BCUT2D eigenvalue weighted by molar-refractivity contribution is 0.0595. The van der Waals surface area contributed by atoms with Crippen LogP contribution in [0.1, 0.15) is 15.2 Å². The van der Waals surface area contributed by atoms with E-state index in [1.54, 1.807) is 24.3 Å². The number of hydrogen-bond donors (Lipinski definition) is 1. The molecule has 1 aromatic carbocycles. The summed E-state index contributed by atoms with van der Waals surface area (Å²) in [5.74, 6) is -0.0596. The number of nitrogens with two attached hydrogens (primary N) is 1. The molecule has 0 aliphatic rings. The third-order valence-corrected chi connectivity index (χ3v) is 3.61. The summed E-state index contributed by atoms with van der Waals surface area (Å²) in [5.41, 5.74) is 6.56. The van der Waals surface area contributed by atoms with Gasteiger partial charge in [-0.1, -0.05) is 11.6 Å². The van der Waals surface area contributed by atoms with Gasteiger partial charge < -0.3 is 15.2 Å². The second-order valence-electron chi connectivity index (χ2n) is 3.74. The van der Waals surface area contributed by atoms with Crippen LogP contribution in [0.25, 0.3) is 0 Å². The van der Waals surface area contributed by atoms with Gasteiger partial charge in [0.25, 0.3) is 0 Å². The van der Waals surface area contributed by atoms with Crippen LogP contribution in [-0.4, -0.2) is 13.1 Å². The summed E-state index contributed by atoms with van der Waals surface area (Å²) in [6.45, 7) is 0.324. The third kappa shape index (κ3) is 3.39. The number of benzene rings is 1. The molecule has 1 heterocycles. The number of methoxy groups -OCH3 is 1. The van der Waals surface area contributed by atoms with Crippen molar-refractivity contribution >= 4 is 34.6 Å².